The van der Waals surface area contributed by atoms with Crippen LogP contribution < -0.4 is 5.32 Å². The molecule has 0 aliphatic rings. The van der Waals surface area contributed by atoms with E-state index in [1.54, 1.807) is 0 Å². The average molecular weight is 293 g/mol. The van der Waals surface area contributed by atoms with Crippen molar-refractivity contribution in [3.05, 3.63) is 35.1 Å². The highest BCUT2D eigenvalue weighted by Gasteiger charge is 2.13. The second-order valence-corrected chi connectivity index (χ2v) is 4.50. The monoisotopic (exact) mass is 293 g/mol. The van der Waals surface area contributed by atoms with E-state index >= 15 is 0 Å². The molecule has 2 N–H and O–H groups in total. The van der Waals surface area contributed by atoms with E-state index in [0.717, 1.165) is 0 Å². The largest absolute Gasteiger partial charge is 0.395 e. The number of hydrogen-bond acceptors (Lipinski definition) is 3. The first-order valence-electron chi connectivity index (χ1n) is 6.86. The fourth-order valence-electron chi connectivity index (χ4n) is 1.67. The molecule has 0 saturated carbocycles. The Hall–Kier alpha value is -1.90. The number of nitrogens with one attached hydrogen (secondary N) is 1. The summed E-state index contributed by atoms with van der Waals surface area (Å²) in [6, 6.07) is 3.69. The molecule has 114 valence electrons. The van der Waals surface area contributed by atoms with Gasteiger partial charge in [-0.3, -0.25) is 4.79 Å². The number of aliphatic hydroxyl groups excluding tert-OH is 1. The average Bonchev–Trinajstić information content (AvgIpc) is 2.45. The zero-order valence-corrected chi connectivity index (χ0v) is 12.3. The number of ether oxygens (including phenoxy) is 1. The molecule has 1 amide bonds. The molecule has 4 nitrogen and oxygen atoms in total. The van der Waals surface area contributed by atoms with Crippen LogP contribution in [0.4, 0.5) is 4.39 Å². The predicted octanol–water partition coefficient (Wildman–Crippen LogP) is 1.71. The zero-order valence-electron chi connectivity index (χ0n) is 12.3. The highest BCUT2D eigenvalue weighted by Crippen LogP contribution is 2.11. The number of aliphatic hydroxyl groups is 1. The first-order chi connectivity index (χ1) is 10.1. The van der Waals surface area contributed by atoms with E-state index in [9.17, 15) is 9.18 Å². The maximum Gasteiger partial charge on any atom is 0.252 e. The van der Waals surface area contributed by atoms with Crippen molar-refractivity contribution < 1.29 is 19.0 Å². The van der Waals surface area contributed by atoms with Crippen molar-refractivity contribution in [2.75, 3.05) is 19.8 Å². The highest BCUT2D eigenvalue weighted by atomic mass is 19.1. The quantitative estimate of drug-likeness (QED) is 0.785. The molecule has 0 aliphatic heterocycles. The lowest BCUT2D eigenvalue weighted by Crippen LogP contribution is -2.36. The van der Waals surface area contributed by atoms with Gasteiger partial charge in [-0.05, 0) is 32.0 Å². The lowest BCUT2D eigenvalue weighted by Gasteiger charge is -2.14. The molecule has 0 aliphatic carbocycles. The van der Waals surface area contributed by atoms with E-state index in [2.05, 4.69) is 17.2 Å². The molecule has 0 spiro atoms. The van der Waals surface area contributed by atoms with Crippen molar-refractivity contribution >= 4 is 5.91 Å². The van der Waals surface area contributed by atoms with Crippen LogP contribution in [0, 0.1) is 17.7 Å². The molecule has 1 atom stereocenters. The fraction of sp³-hybridized carbons (Fsp3) is 0.438. The van der Waals surface area contributed by atoms with Gasteiger partial charge in [0.05, 0.1) is 18.8 Å². The van der Waals surface area contributed by atoms with Gasteiger partial charge in [-0.2, -0.15) is 0 Å². The van der Waals surface area contributed by atoms with Gasteiger partial charge in [0.25, 0.3) is 5.91 Å². The summed E-state index contributed by atoms with van der Waals surface area (Å²) in [5, 5.41) is 11.5. The molecule has 0 heterocycles. The third kappa shape index (κ3) is 5.94. The number of benzene rings is 1. The minimum absolute atomic E-state index is 0.0742. The maximum atomic E-state index is 13.3. The summed E-state index contributed by atoms with van der Waals surface area (Å²) < 4.78 is 18.5. The van der Waals surface area contributed by atoms with E-state index in [4.69, 9.17) is 9.84 Å². The molecule has 0 aromatic heterocycles. The SMILES string of the molecule is CCOCC(C)NC(=O)c1ccc(F)cc1C#CCCO. The van der Waals surface area contributed by atoms with Crippen LogP contribution in [0.1, 0.15) is 36.2 Å². The normalized spacial score (nSPS) is 11.4. The Balaban J connectivity index is 2.86. The molecule has 0 fully saturated rings. The van der Waals surface area contributed by atoms with Crippen molar-refractivity contribution in [1.82, 2.24) is 5.32 Å². The summed E-state index contributed by atoms with van der Waals surface area (Å²) in [6.07, 6.45) is 0.276. The predicted molar refractivity (Wildman–Crippen MR) is 78.4 cm³/mol. The smallest absolute Gasteiger partial charge is 0.252 e. The van der Waals surface area contributed by atoms with Gasteiger partial charge in [-0.25, -0.2) is 4.39 Å². The molecule has 0 bridgehead atoms. The Morgan fingerprint density at radius 1 is 1.52 bits per heavy atom. The van der Waals surface area contributed by atoms with Crippen LogP contribution in [0.2, 0.25) is 0 Å². The molecule has 1 rings (SSSR count). The number of hydrogen-bond donors (Lipinski definition) is 2. The summed E-state index contributed by atoms with van der Waals surface area (Å²) in [4.78, 5) is 12.2. The van der Waals surface area contributed by atoms with Gasteiger partial charge in [-0.15, -0.1) is 0 Å². The summed E-state index contributed by atoms with van der Waals surface area (Å²) in [7, 11) is 0. The van der Waals surface area contributed by atoms with Crippen molar-refractivity contribution in [1.29, 1.82) is 0 Å². The van der Waals surface area contributed by atoms with Crippen molar-refractivity contribution in [2.45, 2.75) is 26.3 Å². The van der Waals surface area contributed by atoms with E-state index in [1.807, 2.05) is 13.8 Å². The third-order valence-electron chi connectivity index (χ3n) is 2.64. The highest BCUT2D eigenvalue weighted by molar-refractivity contribution is 5.96. The van der Waals surface area contributed by atoms with Crippen molar-refractivity contribution in [3.8, 4) is 11.8 Å². The van der Waals surface area contributed by atoms with Crippen LogP contribution in [0.3, 0.4) is 0 Å². The Labute approximate surface area is 124 Å². The van der Waals surface area contributed by atoms with Gasteiger partial charge in [0, 0.05) is 24.6 Å². The molecule has 5 heteroatoms. The number of rotatable bonds is 6. The first-order valence-corrected chi connectivity index (χ1v) is 6.86. The number of carbonyl (C=O) groups excluding carboxylic acids is 1. The van der Waals surface area contributed by atoms with E-state index < -0.39 is 5.82 Å². The summed E-state index contributed by atoms with van der Waals surface area (Å²) in [5.41, 5.74) is 0.620. The molecule has 21 heavy (non-hydrogen) atoms. The van der Waals surface area contributed by atoms with E-state index in [0.29, 0.717) is 24.3 Å². The zero-order chi connectivity index (χ0) is 15.7. The Morgan fingerprint density at radius 3 is 2.95 bits per heavy atom. The summed E-state index contributed by atoms with van der Waals surface area (Å²) in [6.45, 7) is 4.62. The van der Waals surface area contributed by atoms with Gasteiger partial charge in [-0.1, -0.05) is 11.8 Å². The topological polar surface area (TPSA) is 58.6 Å². The van der Waals surface area contributed by atoms with Crippen molar-refractivity contribution in [3.63, 3.8) is 0 Å². The minimum Gasteiger partial charge on any atom is -0.395 e. The van der Waals surface area contributed by atoms with Crippen LogP contribution in [0.15, 0.2) is 18.2 Å². The van der Waals surface area contributed by atoms with Crippen molar-refractivity contribution in [2.24, 2.45) is 0 Å². The second-order valence-electron chi connectivity index (χ2n) is 4.50. The molecule has 0 radical (unpaired) electrons. The first kappa shape index (κ1) is 17.2. The second kappa shape index (κ2) is 9.11. The van der Waals surface area contributed by atoms with E-state index in [1.165, 1.54) is 18.2 Å². The number of carbonyl (C=O) groups is 1. The van der Waals surface area contributed by atoms with Crippen LogP contribution in [0.25, 0.3) is 0 Å². The minimum atomic E-state index is -0.456. The summed E-state index contributed by atoms with van der Waals surface area (Å²) >= 11 is 0. The lowest BCUT2D eigenvalue weighted by molar-refractivity contribution is 0.0871. The standard InChI is InChI=1S/C16H20FNO3/c1-3-21-11-12(2)18-16(20)15-8-7-14(17)10-13(15)6-4-5-9-19/h7-8,10,12,19H,3,5,9,11H2,1-2H3,(H,18,20). The Kier molecular flexibility index (Phi) is 7.44. The molecule has 1 aromatic rings. The third-order valence-corrected chi connectivity index (χ3v) is 2.64. The van der Waals surface area contributed by atoms with Crippen LogP contribution in [-0.2, 0) is 4.74 Å². The van der Waals surface area contributed by atoms with Gasteiger partial charge in [0.15, 0.2) is 0 Å². The molecule has 1 unspecified atom stereocenters. The lowest BCUT2D eigenvalue weighted by atomic mass is 10.1. The van der Waals surface area contributed by atoms with Crippen LogP contribution >= 0.6 is 0 Å². The molecular formula is C16H20FNO3. The molecule has 0 saturated heterocycles. The summed E-state index contributed by atoms with van der Waals surface area (Å²) in [5.74, 6) is 4.62. The molecule has 1 aromatic carbocycles. The Bertz CT molecular complexity index is 534. The fourth-order valence-corrected chi connectivity index (χ4v) is 1.67. The maximum absolute atomic E-state index is 13.3. The number of amides is 1. The van der Waals surface area contributed by atoms with Gasteiger partial charge >= 0.3 is 0 Å². The van der Waals surface area contributed by atoms with Gasteiger partial charge in [0.2, 0.25) is 0 Å². The van der Waals surface area contributed by atoms with Gasteiger partial charge in [0.1, 0.15) is 5.82 Å². The Morgan fingerprint density at radius 2 is 2.29 bits per heavy atom. The van der Waals surface area contributed by atoms with Gasteiger partial charge < -0.3 is 15.2 Å². The van der Waals surface area contributed by atoms with Crippen LogP contribution in [0.5, 0.6) is 0 Å². The van der Waals surface area contributed by atoms with Crippen LogP contribution in [-0.4, -0.2) is 36.9 Å². The molecular weight excluding hydrogens is 273 g/mol. The van der Waals surface area contributed by atoms with E-state index in [-0.39, 0.29) is 25.0 Å². The number of halogens is 1.